The van der Waals surface area contributed by atoms with E-state index in [1.165, 1.54) is 17.1 Å². The minimum Gasteiger partial charge on any atom is -0.339 e. The molecule has 0 N–H and O–H groups in total. The summed E-state index contributed by atoms with van der Waals surface area (Å²) in [5.41, 5.74) is 0.299. The number of likely N-dealkylation sites (N-methyl/N-ethyl adjacent to an activating group) is 1. The lowest BCUT2D eigenvalue weighted by Crippen LogP contribution is -2.33. The van der Waals surface area contributed by atoms with Gasteiger partial charge >= 0.3 is 0 Å². The molecule has 112 valence electrons. The van der Waals surface area contributed by atoms with E-state index < -0.39 is 0 Å². The summed E-state index contributed by atoms with van der Waals surface area (Å²) in [6.07, 6.45) is 4.47. The second-order valence-corrected chi connectivity index (χ2v) is 5.93. The van der Waals surface area contributed by atoms with E-state index in [0.29, 0.717) is 17.4 Å². The Morgan fingerprint density at radius 2 is 2.27 bits per heavy atom. The molecular formula is C15H14N4O2S. The normalized spacial score (nSPS) is 10.8. The van der Waals surface area contributed by atoms with Crippen LogP contribution in [0, 0.1) is 0 Å². The maximum atomic E-state index is 12.3. The van der Waals surface area contributed by atoms with Gasteiger partial charge in [-0.15, -0.1) is 11.3 Å². The number of thiophene rings is 1. The number of carbonyl (C=O) groups excluding carboxylic acids is 1. The molecular weight excluding hydrogens is 300 g/mol. The van der Waals surface area contributed by atoms with Crippen molar-refractivity contribution in [3.05, 3.63) is 57.5 Å². The highest BCUT2D eigenvalue weighted by molar-refractivity contribution is 7.09. The number of hydrogen-bond donors (Lipinski definition) is 0. The van der Waals surface area contributed by atoms with Crippen LogP contribution in [0.5, 0.6) is 0 Å². The molecule has 0 aliphatic carbocycles. The molecule has 0 bridgehead atoms. The molecule has 3 aromatic heterocycles. The van der Waals surface area contributed by atoms with Gasteiger partial charge in [0.25, 0.3) is 5.56 Å². The molecule has 0 atom stereocenters. The molecule has 0 fully saturated rings. The molecule has 22 heavy (non-hydrogen) atoms. The summed E-state index contributed by atoms with van der Waals surface area (Å²) < 4.78 is 1.33. The summed E-state index contributed by atoms with van der Waals surface area (Å²) in [6.45, 7) is 0.516. The van der Waals surface area contributed by atoms with Gasteiger partial charge in [-0.25, -0.2) is 4.98 Å². The van der Waals surface area contributed by atoms with E-state index in [-0.39, 0.29) is 18.0 Å². The molecule has 0 aliphatic rings. The molecule has 0 aromatic carbocycles. The van der Waals surface area contributed by atoms with Crippen LogP contribution in [0.4, 0.5) is 0 Å². The Morgan fingerprint density at radius 3 is 3.05 bits per heavy atom. The van der Waals surface area contributed by atoms with Gasteiger partial charge in [0, 0.05) is 18.1 Å². The smallest absolute Gasteiger partial charge is 0.261 e. The highest BCUT2D eigenvalue weighted by Gasteiger charge is 2.12. The minimum absolute atomic E-state index is 0.0219. The lowest BCUT2D eigenvalue weighted by molar-refractivity contribution is -0.131. The predicted octanol–water partition coefficient (Wildman–Crippen LogP) is 1.51. The van der Waals surface area contributed by atoms with Crippen LogP contribution >= 0.6 is 11.3 Å². The summed E-state index contributed by atoms with van der Waals surface area (Å²) in [5, 5.41) is 2.44. The molecule has 0 unspecified atom stereocenters. The standard InChI is InChI=1S/C15H14N4O2S/c1-18(8-11-3-2-6-22-11)14(20)9-19-10-17-13-7-16-5-4-12(13)15(19)21/h2-7,10H,8-9H2,1H3. The van der Waals surface area contributed by atoms with Gasteiger partial charge in [-0.05, 0) is 17.5 Å². The van der Waals surface area contributed by atoms with Crippen molar-refractivity contribution in [2.45, 2.75) is 13.1 Å². The minimum atomic E-state index is -0.231. The van der Waals surface area contributed by atoms with E-state index in [1.807, 2.05) is 17.5 Å². The van der Waals surface area contributed by atoms with Crippen LogP contribution in [0.15, 0.2) is 47.1 Å². The van der Waals surface area contributed by atoms with E-state index in [9.17, 15) is 9.59 Å². The summed E-state index contributed by atoms with van der Waals surface area (Å²) in [6, 6.07) is 5.54. The zero-order valence-electron chi connectivity index (χ0n) is 12.0. The first kappa shape index (κ1) is 14.4. The number of pyridine rings is 1. The van der Waals surface area contributed by atoms with E-state index in [1.54, 1.807) is 35.5 Å². The van der Waals surface area contributed by atoms with Gasteiger partial charge in [-0.2, -0.15) is 0 Å². The Bertz CT molecular complexity index is 857. The van der Waals surface area contributed by atoms with Gasteiger partial charge < -0.3 is 4.90 Å². The average Bonchev–Trinajstić information content (AvgIpc) is 3.03. The van der Waals surface area contributed by atoms with Gasteiger partial charge in [-0.1, -0.05) is 6.07 Å². The Balaban J connectivity index is 1.79. The van der Waals surface area contributed by atoms with Crippen molar-refractivity contribution in [3.63, 3.8) is 0 Å². The maximum Gasteiger partial charge on any atom is 0.261 e. The summed E-state index contributed by atoms with van der Waals surface area (Å²) in [5.74, 6) is -0.134. The Kier molecular flexibility index (Phi) is 3.97. The third-order valence-corrected chi connectivity index (χ3v) is 4.19. The third kappa shape index (κ3) is 2.89. The fourth-order valence-electron chi connectivity index (χ4n) is 2.11. The highest BCUT2D eigenvalue weighted by atomic mass is 32.1. The number of carbonyl (C=O) groups is 1. The molecule has 3 heterocycles. The molecule has 0 saturated carbocycles. The van der Waals surface area contributed by atoms with Crippen LogP contribution < -0.4 is 5.56 Å². The fourth-order valence-corrected chi connectivity index (χ4v) is 2.87. The highest BCUT2D eigenvalue weighted by Crippen LogP contribution is 2.11. The lowest BCUT2D eigenvalue weighted by atomic mass is 10.3. The Labute approximate surface area is 130 Å². The Hall–Kier alpha value is -2.54. The number of amides is 1. The molecule has 6 nitrogen and oxygen atoms in total. The molecule has 0 aliphatic heterocycles. The van der Waals surface area contributed by atoms with Crippen LogP contribution in [-0.2, 0) is 17.9 Å². The van der Waals surface area contributed by atoms with Crippen molar-refractivity contribution >= 4 is 28.1 Å². The van der Waals surface area contributed by atoms with Crippen molar-refractivity contribution in [2.24, 2.45) is 0 Å². The molecule has 3 aromatic rings. The van der Waals surface area contributed by atoms with Crippen LogP contribution in [0.2, 0.25) is 0 Å². The van der Waals surface area contributed by atoms with Crippen molar-refractivity contribution in [3.8, 4) is 0 Å². The van der Waals surface area contributed by atoms with Crippen molar-refractivity contribution < 1.29 is 4.79 Å². The quantitative estimate of drug-likeness (QED) is 0.732. The maximum absolute atomic E-state index is 12.3. The third-order valence-electron chi connectivity index (χ3n) is 3.33. The van der Waals surface area contributed by atoms with E-state index >= 15 is 0 Å². The number of aromatic nitrogens is 3. The second kappa shape index (κ2) is 6.07. The van der Waals surface area contributed by atoms with Crippen molar-refractivity contribution in [1.29, 1.82) is 0 Å². The lowest BCUT2D eigenvalue weighted by Gasteiger charge is -2.17. The summed E-state index contributed by atoms with van der Waals surface area (Å²) >= 11 is 1.60. The zero-order chi connectivity index (χ0) is 15.5. The molecule has 7 heteroatoms. The monoisotopic (exact) mass is 314 g/mol. The van der Waals surface area contributed by atoms with Gasteiger partial charge in [0.05, 0.1) is 30.0 Å². The number of rotatable bonds is 4. The number of hydrogen-bond acceptors (Lipinski definition) is 5. The predicted molar refractivity (Wildman–Crippen MR) is 84.6 cm³/mol. The summed E-state index contributed by atoms with van der Waals surface area (Å²) in [7, 11) is 1.73. The topological polar surface area (TPSA) is 68.1 Å². The van der Waals surface area contributed by atoms with Gasteiger partial charge in [-0.3, -0.25) is 19.1 Å². The fraction of sp³-hybridized carbons (Fsp3) is 0.200. The first-order chi connectivity index (χ1) is 10.6. The zero-order valence-corrected chi connectivity index (χ0v) is 12.8. The number of fused-ring (bicyclic) bond motifs is 1. The molecule has 0 radical (unpaired) electrons. The van der Waals surface area contributed by atoms with E-state index in [0.717, 1.165) is 4.88 Å². The van der Waals surface area contributed by atoms with Crippen LogP contribution in [-0.4, -0.2) is 32.4 Å². The van der Waals surface area contributed by atoms with Crippen LogP contribution in [0.3, 0.4) is 0 Å². The number of nitrogens with zero attached hydrogens (tertiary/aromatic N) is 4. The Morgan fingerprint density at radius 1 is 1.41 bits per heavy atom. The van der Waals surface area contributed by atoms with Crippen molar-refractivity contribution in [2.75, 3.05) is 7.05 Å². The van der Waals surface area contributed by atoms with Crippen molar-refractivity contribution in [1.82, 2.24) is 19.4 Å². The molecule has 0 spiro atoms. The van der Waals surface area contributed by atoms with Gasteiger partial charge in [0.15, 0.2) is 0 Å². The van der Waals surface area contributed by atoms with Crippen LogP contribution in [0.25, 0.3) is 10.9 Å². The first-order valence-corrected chi connectivity index (χ1v) is 7.58. The van der Waals surface area contributed by atoms with Gasteiger partial charge in [0.2, 0.25) is 5.91 Å². The average molecular weight is 314 g/mol. The summed E-state index contributed by atoms with van der Waals surface area (Å²) in [4.78, 5) is 35.4. The van der Waals surface area contributed by atoms with E-state index in [4.69, 9.17) is 0 Å². The second-order valence-electron chi connectivity index (χ2n) is 4.90. The first-order valence-electron chi connectivity index (χ1n) is 6.70. The largest absolute Gasteiger partial charge is 0.339 e. The molecule has 3 rings (SSSR count). The van der Waals surface area contributed by atoms with Crippen LogP contribution in [0.1, 0.15) is 4.88 Å². The SMILES string of the molecule is CN(Cc1cccs1)C(=O)Cn1cnc2cnccc2c1=O. The molecule has 1 amide bonds. The van der Waals surface area contributed by atoms with E-state index in [2.05, 4.69) is 9.97 Å². The van der Waals surface area contributed by atoms with Gasteiger partial charge in [0.1, 0.15) is 6.54 Å². The molecule has 0 saturated heterocycles.